The average molecular weight is 336 g/mol. The third kappa shape index (κ3) is 2.91. The first-order valence-electron chi connectivity index (χ1n) is 5.67. The molecule has 2 rings (SSSR count). The van der Waals surface area contributed by atoms with Gasteiger partial charge in [0.15, 0.2) is 5.78 Å². The molecule has 0 heterocycles. The Hall–Kier alpha value is -2.06. The van der Waals surface area contributed by atoms with E-state index in [-0.39, 0.29) is 11.1 Å². The Kier molecular flexibility index (Phi) is 4.26. The maximum atomic E-state index is 13.7. The zero-order chi connectivity index (χ0) is 14.7. The summed E-state index contributed by atoms with van der Waals surface area (Å²) in [6.45, 7) is 0. The fourth-order valence-electron chi connectivity index (χ4n) is 1.81. The minimum atomic E-state index is -1.24. The predicted octanol–water partition coefficient (Wildman–Crippen LogP) is 4.22. The number of nitrogens with zero attached hydrogens (tertiary/aromatic N) is 1. The highest BCUT2D eigenvalue weighted by Gasteiger charge is 2.24. The number of Topliss-reactive ketones (excluding diaryl/α,β-unsaturated/α-hetero) is 1. The number of benzene rings is 2. The summed E-state index contributed by atoms with van der Waals surface area (Å²) in [6.07, 6.45) is 0. The molecule has 2 nitrogen and oxygen atoms in total. The summed E-state index contributed by atoms with van der Waals surface area (Å²) in [4.78, 5) is 12.3. The number of carbonyl (C=O) groups is 1. The molecule has 0 spiro atoms. The summed E-state index contributed by atoms with van der Waals surface area (Å²) >= 11 is 3.14. The Morgan fingerprint density at radius 2 is 1.95 bits per heavy atom. The van der Waals surface area contributed by atoms with Crippen LogP contribution in [0.3, 0.4) is 0 Å². The lowest BCUT2D eigenvalue weighted by atomic mass is 9.91. The summed E-state index contributed by atoms with van der Waals surface area (Å²) in [7, 11) is 0. The summed E-state index contributed by atoms with van der Waals surface area (Å²) in [6, 6.07) is 10.9. The number of halogens is 3. The molecule has 0 bridgehead atoms. The molecule has 5 heteroatoms. The molecule has 2 aromatic carbocycles. The maximum absolute atomic E-state index is 13.7. The lowest BCUT2D eigenvalue weighted by molar-refractivity contribution is 0.0975. The largest absolute Gasteiger partial charge is 0.292 e. The molecule has 1 atom stereocenters. The summed E-state index contributed by atoms with van der Waals surface area (Å²) < 4.78 is 27.4. The van der Waals surface area contributed by atoms with Gasteiger partial charge >= 0.3 is 0 Å². The molecule has 0 aliphatic heterocycles. The first-order valence-corrected chi connectivity index (χ1v) is 6.46. The van der Waals surface area contributed by atoms with E-state index in [1.165, 1.54) is 30.3 Å². The fraction of sp³-hybridized carbons (Fsp3) is 0.0667. The van der Waals surface area contributed by atoms with Crippen molar-refractivity contribution in [2.24, 2.45) is 0 Å². The standard InChI is InChI=1S/C15H8BrF2NO/c16-10-4-5-14(18)12(7-10)15(20)13(8-19)9-2-1-3-11(17)6-9/h1-7,13H. The van der Waals surface area contributed by atoms with Crippen LogP contribution in [0.4, 0.5) is 8.78 Å². The zero-order valence-electron chi connectivity index (χ0n) is 10.1. The number of ketones is 1. The van der Waals surface area contributed by atoms with Gasteiger partial charge in [0.25, 0.3) is 0 Å². The Morgan fingerprint density at radius 1 is 1.20 bits per heavy atom. The van der Waals surface area contributed by atoms with Gasteiger partial charge in [-0.15, -0.1) is 0 Å². The molecular weight excluding hydrogens is 328 g/mol. The smallest absolute Gasteiger partial charge is 0.187 e. The van der Waals surface area contributed by atoms with E-state index >= 15 is 0 Å². The van der Waals surface area contributed by atoms with Crippen LogP contribution in [0, 0.1) is 23.0 Å². The van der Waals surface area contributed by atoms with Crippen LogP contribution in [0.15, 0.2) is 46.9 Å². The van der Waals surface area contributed by atoms with Crippen LogP contribution < -0.4 is 0 Å². The van der Waals surface area contributed by atoms with Gasteiger partial charge in [-0.1, -0.05) is 28.1 Å². The molecular formula is C15H8BrF2NO. The molecule has 0 aliphatic rings. The van der Waals surface area contributed by atoms with E-state index in [1.807, 2.05) is 0 Å². The summed E-state index contributed by atoms with van der Waals surface area (Å²) in [5.74, 6) is -3.20. The second-order valence-electron chi connectivity index (χ2n) is 4.11. The summed E-state index contributed by atoms with van der Waals surface area (Å²) in [5, 5.41) is 9.13. The van der Waals surface area contributed by atoms with Crippen molar-refractivity contribution in [1.29, 1.82) is 5.26 Å². The third-order valence-corrected chi connectivity index (χ3v) is 3.26. The monoisotopic (exact) mass is 335 g/mol. The van der Waals surface area contributed by atoms with Gasteiger partial charge in [-0.25, -0.2) is 8.78 Å². The SMILES string of the molecule is N#CC(C(=O)c1cc(Br)ccc1F)c1cccc(F)c1. The van der Waals surface area contributed by atoms with Gasteiger partial charge in [0.2, 0.25) is 0 Å². The van der Waals surface area contributed by atoms with Crippen molar-refractivity contribution in [3.8, 4) is 6.07 Å². The molecule has 0 radical (unpaired) electrons. The van der Waals surface area contributed by atoms with Crippen LogP contribution in [-0.4, -0.2) is 5.78 Å². The molecule has 0 saturated heterocycles. The number of hydrogen-bond donors (Lipinski definition) is 0. The lowest BCUT2D eigenvalue weighted by Crippen LogP contribution is -2.13. The lowest BCUT2D eigenvalue weighted by Gasteiger charge is -2.10. The molecule has 2 aromatic rings. The molecule has 0 amide bonds. The number of hydrogen-bond acceptors (Lipinski definition) is 2. The second kappa shape index (κ2) is 5.93. The Labute approximate surface area is 122 Å². The number of nitriles is 1. The maximum Gasteiger partial charge on any atom is 0.187 e. The highest BCUT2D eigenvalue weighted by molar-refractivity contribution is 9.10. The fourth-order valence-corrected chi connectivity index (χ4v) is 2.17. The molecule has 0 N–H and O–H groups in total. The van der Waals surface area contributed by atoms with E-state index in [4.69, 9.17) is 5.26 Å². The van der Waals surface area contributed by atoms with Gasteiger partial charge in [0.1, 0.15) is 17.6 Å². The topological polar surface area (TPSA) is 40.9 Å². The van der Waals surface area contributed by atoms with Crippen molar-refractivity contribution in [1.82, 2.24) is 0 Å². The Balaban J connectivity index is 2.45. The minimum Gasteiger partial charge on any atom is -0.292 e. The predicted molar refractivity (Wildman–Crippen MR) is 73.2 cm³/mol. The van der Waals surface area contributed by atoms with E-state index in [9.17, 15) is 13.6 Å². The van der Waals surface area contributed by atoms with Gasteiger partial charge in [-0.05, 0) is 35.9 Å². The van der Waals surface area contributed by atoms with Crippen LogP contribution in [0.25, 0.3) is 0 Å². The normalized spacial score (nSPS) is 11.7. The van der Waals surface area contributed by atoms with E-state index < -0.39 is 23.3 Å². The highest BCUT2D eigenvalue weighted by atomic mass is 79.9. The number of rotatable bonds is 3. The van der Waals surface area contributed by atoms with Gasteiger partial charge in [0.05, 0.1) is 11.6 Å². The second-order valence-corrected chi connectivity index (χ2v) is 5.02. The average Bonchev–Trinajstić information content (AvgIpc) is 2.42. The van der Waals surface area contributed by atoms with Gasteiger partial charge in [-0.3, -0.25) is 4.79 Å². The van der Waals surface area contributed by atoms with Crippen molar-refractivity contribution < 1.29 is 13.6 Å². The van der Waals surface area contributed by atoms with Crippen LogP contribution in [0.5, 0.6) is 0 Å². The van der Waals surface area contributed by atoms with E-state index in [0.29, 0.717) is 4.47 Å². The van der Waals surface area contributed by atoms with Crippen molar-refractivity contribution in [2.45, 2.75) is 5.92 Å². The molecule has 0 aliphatic carbocycles. The highest BCUT2D eigenvalue weighted by Crippen LogP contribution is 2.24. The van der Waals surface area contributed by atoms with Crippen LogP contribution in [0.2, 0.25) is 0 Å². The van der Waals surface area contributed by atoms with Gasteiger partial charge < -0.3 is 0 Å². The van der Waals surface area contributed by atoms with Crippen LogP contribution >= 0.6 is 15.9 Å². The third-order valence-electron chi connectivity index (χ3n) is 2.77. The van der Waals surface area contributed by atoms with Crippen molar-refractivity contribution in [3.05, 3.63) is 69.7 Å². The van der Waals surface area contributed by atoms with Crippen molar-refractivity contribution in [2.75, 3.05) is 0 Å². The quantitative estimate of drug-likeness (QED) is 0.788. The molecule has 1 unspecified atom stereocenters. The van der Waals surface area contributed by atoms with Crippen LogP contribution in [-0.2, 0) is 0 Å². The molecule has 20 heavy (non-hydrogen) atoms. The zero-order valence-corrected chi connectivity index (χ0v) is 11.7. The van der Waals surface area contributed by atoms with Gasteiger partial charge in [0, 0.05) is 4.47 Å². The Bertz CT molecular complexity index is 709. The molecule has 100 valence electrons. The van der Waals surface area contributed by atoms with Gasteiger partial charge in [-0.2, -0.15) is 5.26 Å². The Morgan fingerprint density at radius 3 is 2.60 bits per heavy atom. The minimum absolute atomic E-state index is 0.199. The van der Waals surface area contributed by atoms with E-state index in [0.717, 1.165) is 12.1 Å². The molecule has 0 saturated carbocycles. The van der Waals surface area contributed by atoms with Crippen LogP contribution in [0.1, 0.15) is 21.8 Å². The van der Waals surface area contributed by atoms with E-state index in [1.54, 1.807) is 6.07 Å². The molecule has 0 aromatic heterocycles. The first-order chi connectivity index (χ1) is 9.52. The first kappa shape index (κ1) is 14.4. The van der Waals surface area contributed by atoms with E-state index in [2.05, 4.69) is 15.9 Å². The molecule has 0 fully saturated rings. The van der Waals surface area contributed by atoms with Crippen molar-refractivity contribution >= 4 is 21.7 Å². The van der Waals surface area contributed by atoms with Crippen molar-refractivity contribution in [3.63, 3.8) is 0 Å². The summed E-state index contributed by atoms with van der Waals surface area (Å²) in [5.41, 5.74) is 0.00654. The number of carbonyl (C=O) groups excluding carboxylic acids is 1.